The highest BCUT2D eigenvalue weighted by atomic mass is 35.5. The van der Waals surface area contributed by atoms with Crippen LogP contribution in [0.5, 0.6) is 5.75 Å². The highest BCUT2D eigenvalue weighted by Crippen LogP contribution is 2.27. The molecule has 1 aliphatic rings. The monoisotopic (exact) mass is 398 g/mol. The normalized spacial score (nSPS) is 19.1. The molecule has 6 nitrogen and oxygen atoms in total. The predicted octanol–water partition coefficient (Wildman–Crippen LogP) is 4.25. The van der Waals surface area contributed by atoms with Crippen LogP contribution in [-0.4, -0.2) is 28.0 Å². The molecule has 0 unspecified atom stereocenters. The van der Waals surface area contributed by atoms with E-state index in [1.807, 2.05) is 6.07 Å². The number of nitrogens with one attached hydrogen (secondary N) is 1. The van der Waals surface area contributed by atoms with Gasteiger partial charge in [0.15, 0.2) is 0 Å². The first-order valence-electron chi connectivity index (χ1n) is 9.45. The Balaban J connectivity index is 1.49. The van der Waals surface area contributed by atoms with Crippen molar-refractivity contribution in [2.24, 2.45) is 0 Å². The fraction of sp³-hybridized carbons (Fsp3) is 0.429. The Hall–Kier alpha value is -2.65. The number of hydrogen-bond donors (Lipinski definition) is 1. The van der Waals surface area contributed by atoms with Crippen LogP contribution >= 0.6 is 11.6 Å². The Labute approximate surface area is 169 Å². The number of ether oxygens (including phenoxy) is 1. The number of aromatic nitrogens is 2. The molecule has 0 saturated heterocycles. The zero-order chi connectivity index (χ0) is 20.1. The van der Waals surface area contributed by atoms with E-state index in [1.54, 1.807) is 30.6 Å². The van der Waals surface area contributed by atoms with Crippen LogP contribution < -0.4 is 10.1 Å². The first-order valence-corrected chi connectivity index (χ1v) is 9.83. The SMILES string of the molecule is CC(C)c1cnc(C(=O)N[C@H]2CC[C@H](Oc3ccc(C#N)c(Cl)c3)CC2)nc1. The number of nitrogens with zero attached hydrogens (tertiary/aromatic N) is 3. The van der Waals surface area contributed by atoms with E-state index in [0.717, 1.165) is 31.2 Å². The molecule has 1 aromatic carbocycles. The molecule has 1 aliphatic carbocycles. The lowest BCUT2D eigenvalue weighted by atomic mass is 9.93. The van der Waals surface area contributed by atoms with Crippen LogP contribution in [0.4, 0.5) is 0 Å². The first kappa shape index (κ1) is 20.1. The third-order valence-electron chi connectivity index (χ3n) is 4.91. The molecule has 1 saturated carbocycles. The summed E-state index contributed by atoms with van der Waals surface area (Å²) in [6.45, 7) is 4.12. The fourth-order valence-corrected chi connectivity index (χ4v) is 3.39. The number of carbonyl (C=O) groups excluding carboxylic acids is 1. The van der Waals surface area contributed by atoms with Gasteiger partial charge in [-0.15, -0.1) is 0 Å². The molecule has 0 spiro atoms. The van der Waals surface area contributed by atoms with Gasteiger partial charge in [0.1, 0.15) is 11.8 Å². The lowest BCUT2D eigenvalue weighted by Crippen LogP contribution is -2.40. The summed E-state index contributed by atoms with van der Waals surface area (Å²) in [7, 11) is 0. The van der Waals surface area contributed by atoms with E-state index in [1.165, 1.54) is 0 Å². The maximum Gasteiger partial charge on any atom is 0.289 e. The molecule has 28 heavy (non-hydrogen) atoms. The predicted molar refractivity (Wildman–Crippen MR) is 106 cm³/mol. The number of halogens is 1. The molecule has 3 rings (SSSR count). The molecule has 0 radical (unpaired) electrons. The van der Waals surface area contributed by atoms with Crippen molar-refractivity contribution in [3.8, 4) is 11.8 Å². The van der Waals surface area contributed by atoms with Gasteiger partial charge in [0.25, 0.3) is 5.91 Å². The Kier molecular flexibility index (Phi) is 6.48. The second-order valence-electron chi connectivity index (χ2n) is 7.31. The van der Waals surface area contributed by atoms with Gasteiger partial charge in [-0.1, -0.05) is 25.4 Å². The zero-order valence-corrected chi connectivity index (χ0v) is 16.7. The third kappa shape index (κ3) is 4.99. The van der Waals surface area contributed by atoms with Crippen LogP contribution in [0.25, 0.3) is 0 Å². The lowest BCUT2D eigenvalue weighted by Gasteiger charge is -2.29. The smallest absolute Gasteiger partial charge is 0.289 e. The number of hydrogen-bond acceptors (Lipinski definition) is 5. The molecule has 1 amide bonds. The van der Waals surface area contributed by atoms with Crippen molar-refractivity contribution in [1.29, 1.82) is 5.26 Å². The molecule has 146 valence electrons. The third-order valence-corrected chi connectivity index (χ3v) is 5.23. The average molecular weight is 399 g/mol. The molecule has 0 bridgehead atoms. The van der Waals surface area contributed by atoms with Crippen LogP contribution in [0.3, 0.4) is 0 Å². The molecule has 0 atom stereocenters. The maximum absolute atomic E-state index is 12.4. The minimum absolute atomic E-state index is 0.0683. The van der Waals surface area contributed by atoms with E-state index in [9.17, 15) is 4.79 Å². The Morgan fingerprint density at radius 1 is 1.25 bits per heavy atom. The first-order chi connectivity index (χ1) is 13.5. The van der Waals surface area contributed by atoms with Crippen molar-refractivity contribution < 1.29 is 9.53 Å². The Morgan fingerprint density at radius 2 is 1.93 bits per heavy atom. The van der Waals surface area contributed by atoms with Crippen LogP contribution in [0.1, 0.15) is 67.2 Å². The van der Waals surface area contributed by atoms with Crippen LogP contribution in [-0.2, 0) is 0 Å². The van der Waals surface area contributed by atoms with Gasteiger partial charge < -0.3 is 10.1 Å². The summed E-state index contributed by atoms with van der Waals surface area (Å²) in [6.07, 6.45) is 6.79. The molecule has 0 aliphatic heterocycles. The van der Waals surface area contributed by atoms with E-state index >= 15 is 0 Å². The van der Waals surface area contributed by atoms with E-state index < -0.39 is 0 Å². The molecular weight excluding hydrogens is 376 g/mol. The van der Waals surface area contributed by atoms with E-state index in [2.05, 4.69) is 29.1 Å². The molecule has 1 aromatic heterocycles. The lowest BCUT2D eigenvalue weighted by molar-refractivity contribution is 0.0883. The molecule has 1 fully saturated rings. The van der Waals surface area contributed by atoms with Crippen molar-refractivity contribution in [3.05, 3.63) is 52.6 Å². The summed E-state index contributed by atoms with van der Waals surface area (Å²) in [5, 5.41) is 12.3. The van der Waals surface area contributed by atoms with Gasteiger partial charge in [0.2, 0.25) is 5.82 Å². The van der Waals surface area contributed by atoms with Crippen LogP contribution in [0.2, 0.25) is 5.02 Å². The van der Waals surface area contributed by atoms with Crippen LogP contribution in [0, 0.1) is 11.3 Å². The summed E-state index contributed by atoms with van der Waals surface area (Å²) in [6, 6.07) is 7.22. The van der Waals surface area contributed by atoms with Gasteiger partial charge >= 0.3 is 0 Å². The minimum Gasteiger partial charge on any atom is -0.490 e. The van der Waals surface area contributed by atoms with Crippen molar-refractivity contribution in [1.82, 2.24) is 15.3 Å². The average Bonchev–Trinajstić information content (AvgIpc) is 2.69. The van der Waals surface area contributed by atoms with E-state index in [4.69, 9.17) is 21.6 Å². The number of nitriles is 1. The second-order valence-corrected chi connectivity index (χ2v) is 7.72. The maximum atomic E-state index is 12.4. The van der Waals surface area contributed by atoms with E-state index in [0.29, 0.717) is 22.3 Å². The number of rotatable bonds is 5. The molecule has 7 heteroatoms. The highest BCUT2D eigenvalue weighted by Gasteiger charge is 2.25. The van der Waals surface area contributed by atoms with Gasteiger partial charge in [-0.25, -0.2) is 9.97 Å². The number of benzene rings is 1. The quantitative estimate of drug-likeness (QED) is 0.813. The van der Waals surface area contributed by atoms with Gasteiger partial charge in [-0.3, -0.25) is 4.79 Å². The standard InChI is InChI=1S/C21H23ClN4O2/c1-13(2)15-11-24-20(25-12-15)21(27)26-16-4-7-17(8-5-16)28-18-6-3-14(10-23)19(22)9-18/h3,6,9,11-13,16-17H,4-5,7-8H2,1-2H3,(H,26,27)/t16-,17-. The topological polar surface area (TPSA) is 87.9 Å². The molecular formula is C21H23ClN4O2. The fourth-order valence-electron chi connectivity index (χ4n) is 3.18. The van der Waals surface area contributed by atoms with E-state index in [-0.39, 0.29) is 23.9 Å². The molecule has 1 heterocycles. The van der Waals surface area contributed by atoms with Crippen molar-refractivity contribution in [2.45, 2.75) is 57.6 Å². The zero-order valence-electron chi connectivity index (χ0n) is 16.0. The second kappa shape index (κ2) is 9.03. The van der Waals surface area contributed by atoms with Gasteiger partial charge in [0, 0.05) is 24.5 Å². The summed E-state index contributed by atoms with van der Waals surface area (Å²) in [5.74, 6) is 0.960. The summed E-state index contributed by atoms with van der Waals surface area (Å²) >= 11 is 6.05. The Morgan fingerprint density at radius 3 is 2.50 bits per heavy atom. The number of carbonyl (C=O) groups is 1. The largest absolute Gasteiger partial charge is 0.490 e. The number of amides is 1. The summed E-state index contributed by atoms with van der Waals surface area (Å²) in [5.41, 5.74) is 1.45. The van der Waals surface area contributed by atoms with Crippen molar-refractivity contribution in [3.63, 3.8) is 0 Å². The highest BCUT2D eigenvalue weighted by molar-refractivity contribution is 6.31. The Bertz CT molecular complexity index is 869. The van der Waals surface area contributed by atoms with Crippen molar-refractivity contribution in [2.75, 3.05) is 0 Å². The van der Waals surface area contributed by atoms with Crippen molar-refractivity contribution >= 4 is 17.5 Å². The summed E-state index contributed by atoms with van der Waals surface area (Å²) < 4.78 is 5.98. The molecule has 1 N–H and O–H groups in total. The van der Waals surface area contributed by atoms with Gasteiger partial charge in [-0.05, 0) is 49.3 Å². The van der Waals surface area contributed by atoms with Crippen LogP contribution in [0.15, 0.2) is 30.6 Å². The minimum atomic E-state index is -0.237. The summed E-state index contributed by atoms with van der Waals surface area (Å²) in [4.78, 5) is 20.7. The van der Waals surface area contributed by atoms with Gasteiger partial charge in [-0.2, -0.15) is 5.26 Å². The van der Waals surface area contributed by atoms with Gasteiger partial charge in [0.05, 0.1) is 16.7 Å². The molecule has 2 aromatic rings.